The van der Waals surface area contributed by atoms with Crippen molar-refractivity contribution in [2.75, 3.05) is 0 Å². The third kappa shape index (κ3) is 2.58. The van der Waals surface area contributed by atoms with Crippen LogP contribution in [0.2, 0.25) is 0 Å². The van der Waals surface area contributed by atoms with Crippen LogP contribution in [0.15, 0.2) is 12.1 Å². The van der Waals surface area contributed by atoms with E-state index in [1.165, 1.54) is 11.4 Å². The average molecular weight is 273 g/mol. The fraction of sp³-hybridized carbons (Fsp3) is 0.647. The predicted octanol–water partition coefficient (Wildman–Crippen LogP) is 3.48. The van der Waals surface area contributed by atoms with Gasteiger partial charge in [-0.15, -0.1) is 0 Å². The second-order valence-electron chi connectivity index (χ2n) is 6.41. The second-order valence-corrected chi connectivity index (χ2v) is 6.41. The predicted molar refractivity (Wildman–Crippen MR) is 77.8 cm³/mol. The lowest BCUT2D eigenvalue weighted by molar-refractivity contribution is -0.121. The first-order valence-electron chi connectivity index (χ1n) is 7.84. The minimum Gasteiger partial charge on any atom is -0.351 e. The van der Waals surface area contributed by atoms with Gasteiger partial charge in [0, 0.05) is 56.0 Å². The highest BCUT2D eigenvalue weighted by Crippen LogP contribution is 2.36. The average Bonchev–Trinajstić information content (AvgIpc) is 2.80. The van der Waals surface area contributed by atoms with E-state index in [4.69, 9.17) is 0 Å². The Morgan fingerprint density at radius 3 is 1.75 bits per heavy atom. The number of carbonyl (C=O) groups excluding carboxylic acids is 2. The zero-order valence-electron chi connectivity index (χ0n) is 12.2. The highest BCUT2D eigenvalue weighted by molar-refractivity contribution is 5.80. The van der Waals surface area contributed by atoms with Gasteiger partial charge in [-0.1, -0.05) is 0 Å². The number of hydrogen-bond acceptors (Lipinski definition) is 2. The standard InChI is InChI=1S/C17H23NO2/c1-18-16(12-4-2-6-14(19)10-12)8-9-17(18)13-5-3-7-15(20)11-13/h8-9,12-13H,2-7,10-11H2,1H3. The summed E-state index contributed by atoms with van der Waals surface area (Å²) < 4.78 is 2.26. The van der Waals surface area contributed by atoms with Gasteiger partial charge in [0.1, 0.15) is 11.6 Å². The van der Waals surface area contributed by atoms with Gasteiger partial charge in [-0.05, 0) is 37.8 Å². The summed E-state index contributed by atoms with van der Waals surface area (Å²) >= 11 is 0. The van der Waals surface area contributed by atoms with Crippen molar-refractivity contribution in [2.24, 2.45) is 7.05 Å². The van der Waals surface area contributed by atoms with Crippen LogP contribution in [0.1, 0.15) is 74.6 Å². The first kappa shape index (κ1) is 13.6. The van der Waals surface area contributed by atoms with E-state index in [0.717, 1.165) is 38.5 Å². The molecule has 0 saturated heterocycles. The van der Waals surface area contributed by atoms with Crippen molar-refractivity contribution in [1.82, 2.24) is 4.57 Å². The quantitative estimate of drug-likeness (QED) is 0.827. The molecule has 2 saturated carbocycles. The van der Waals surface area contributed by atoms with Crippen molar-refractivity contribution in [3.8, 4) is 0 Å². The fourth-order valence-corrected chi connectivity index (χ4v) is 3.92. The van der Waals surface area contributed by atoms with Crippen LogP contribution < -0.4 is 0 Å². The van der Waals surface area contributed by atoms with Gasteiger partial charge in [-0.25, -0.2) is 0 Å². The van der Waals surface area contributed by atoms with Crippen LogP contribution in [0.25, 0.3) is 0 Å². The number of hydrogen-bond donors (Lipinski definition) is 0. The first-order chi connectivity index (χ1) is 9.65. The monoisotopic (exact) mass is 273 g/mol. The first-order valence-corrected chi connectivity index (χ1v) is 7.84. The SMILES string of the molecule is Cn1c(C2CCCC(=O)C2)ccc1C1CCCC(=O)C1. The van der Waals surface area contributed by atoms with E-state index in [1.54, 1.807) is 0 Å². The van der Waals surface area contributed by atoms with Crippen molar-refractivity contribution in [1.29, 1.82) is 0 Å². The molecular formula is C17H23NO2. The Kier molecular flexibility index (Phi) is 3.77. The van der Waals surface area contributed by atoms with E-state index in [-0.39, 0.29) is 0 Å². The maximum atomic E-state index is 11.7. The molecule has 0 spiro atoms. The number of aromatic nitrogens is 1. The molecule has 1 heterocycles. The Morgan fingerprint density at radius 1 is 0.900 bits per heavy atom. The summed E-state index contributed by atoms with van der Waals surface area (Å²) in [5.41, 5.74) is 2.57. The molecule has 0 bridgehead atoms. The van der Waals surface area contributed by atoms with Crippen LogP contribution in [0.3, 0.4) is 0 Å². The Labute approximate surface area is 120 Å². The Hall–Kier alpha value is -1.38. The molecule has 108 valence electrons. The number of nitrogens with zero attached hydrogens (tertiary/aromatic N) is 1. The fourth-order valence-electron chi connectivity index (χ4n) is 3.92. The lowest BCUT2D eigenvalue weighted by atomic mass is 9.86. The molecule has 0 N–H and O–H groups in total. The van der Waals surface area contributed by atoms with Gasteiger partial charge in [-0.2, -0.15) is 0 Å². The van der Waals surface area contributed by atoms with E-state index in [1.807, 2.05) is 0 Å². The van der Waals surface area contributed by atoms with Crippen molar-refractivity contribution < 1.29 is 9.59 Å². The molecule has 3 heteroatoms. The van der Waals surface area contributed by atoms with Gasteiger partial charge in [-0.3, -0.25) is 9.59 Å². The molecule has 2 atom stereocenters. The van der Waals surface area contributed by atoms with Gasteiger partial charge < -0.3 is 4.57 Å². The van der Waals surface area contributed by atoms with Gasteiger partial charge in [0.25, 0.3) is 0 Å². The molecule has 1 aromatic heterocycles. The highest BCUT2D eigenvalue weighted by Gasteiger charge is 2.27. The summed E-state index contributed by atoms with van der Waals surface area (Å²) in [6, 6.07) is 4.36. The molecule has 20 heavy (non-hydrogen) atoms. The summed E-state index contributed by atoms with van der Waals surface area (Å²) in [5.74, 6) is 1.57. The van der Waals surface area contributed by atoms with E-state index < -0.39 is 0 Å². The third-order valence-corrected chi connectivity index (χ3v) is 5.00. The molecule has 0 radical (unpaired) electrons. The molecular weight excluding hydrogens is 250 g/mol. The van der Waals surface area contributed by atoms with Crippen LogP contribution in [0, 0.1) is 0 Å². The minimum atomic E-state index is 0.384. The molecule has 2 fully saturated rings. The Balaban J connectivity index is 1.81. The molecule has 3 nitrogen and oxygen atoms in total. The van der Waals surface area contributed by atoms with E-state index in [0.29, 0.717) is 36.2 Å². The van der Waals surface area contributed by atoms with Crippen molar-refractivity contribution in [3.63, 3.8) is 0 Å². The topological polar surface area (TPSA) is 39.1 Å². The number of ketones is 2. The lowest BCUT2D eigenvalue weighted by Crippen LogP contribution is -2.19. The number of carbonyl (C=O) groups is 2. The van der Waals surface area contributed by atoms with Crippen molar-refractivity contribution in [3.05, 3.63) is 23.5 Å². The van der Waals surface area contributed by atoms with E-state index in [2.05, 4.69) is 23.7 Å². The van der Waals surface area contributed by atoms with Crippen LogP contribution in [0.4, 0.5) is 0 Å². The third-order valence-electron chi connectivity index (χ3n) is 5.00. The van der Waals surface area contributed by atoms with Gasteiger partial charge in [0.2, 0.25) is 0 Å². The summed E-state index contributed by atoms with van der Waals surface area (Å²) in [4.78, 5) is 23.3. The lowest BCUT2D eigenvalue weighted by Gasteiger charge is -2.25. The van der Waals surface area contributed by atoms with Gasteiger partial charge >= 0.3 is 0 Å². The number of rotatable bonds is 2. The molecule has 2 unspecified atom stereocenters. The smallest absolute Gasteiger partial charge is 0.133 e. The maximum absolute atomic E-state index is 11.7. The van der Waals surface area contributed by atoms with Gasteiger partial charge in [0.15, 0.2) is 0 Å². The molecule has 1 aromatic rings. The minimum absolute atomic E-state index is 0.384. The molecule has 0 aromatic carbocycles. The summed E-state index contributed by atoms with van der Waals surface area (Å²) in [5, 5.41) is 0. The molecule has 0 aliphatic heterocycles. The maximum Gasteiger partial charge on any atom is 0.133 e. The summed E-state index contributed by atoms with van der Waals surface area (Å²) in [6.45, 7) is 0. The van der Waals surface area contributed by atoms with E-state index >= 15 is 0 Å². The molecule has 2 aliphatic carbocycles. The van der Waals surface area contributed by atoms with Crippen LogP contribution in [0.5, 0.6) is 0 Å². The highest BCUT2D eigenvalue weighted by atomic mass is 16.1. The number of Topliss-reactive ketones (excluding diaryl/α,β-unsaturated/α-hetero) is 2. The zero-order valence-corrected chi connectivity index (χ0v) is 12.2. The zero-order chi connectivity index (χ0) is 14.1. The van der Waals surface area contributed by atoms with Crippen LogP contribution in [-0.2, 0) is 16.6 Å². The molecule has 2 aliphatic rings. The van der Waals surface area contributed by atoms with Crippen LogP contribution >= 0.6 is 0 Å². The molecule has 3 rings (SSSR count). The summed E-state index contributed by atoms with van der Waals surface area (Å²) in [7, 11) is 2.10. The van der Waals surface area contributed by atoms with E-state index in [9.17, 15) is 9.59 Å². The Morgan fingerprint density at radius 2 is 1.35 bits per heavy atom. The van der Waals surface area contributed by atoms with Crippen molar-refractivity contribution in [2.45, 2.75) is 63.2 Å². The van der Waals surface area contributed by atoms with Crippen LogP contribution in [-0.4, -0.2) is 16.1 Å². The van der Waals surface area contributed by atoms with Gasteiger partial charge in [0.05, 0.1) is 0 Å². The molecule has 0 amide bonds. The Bertz CT molecular complexity index is 484. The summed E-state index contributed by atoms with van der Waals surface area (Å²) in [6.07, 6.45) is 7.18. The van der Waals surface area contributed by atoms with Crippen molar-refractivity contribution >= 4 is 11.6 Å². The normalized spacial score (nSPS) is 27.9. The largest absolute Gasteiger partial charge is 0.351 e. The second kappa shape index (κ2) is 5.55.